The molecule has 92 valence electrons. The Morgan fingerprint density at radius 3 is 2.72 bits per heavy atom. The maximum Gasteiger partial charge on any atom is 0.145 e. The van der Waals surface area contributed by atoms with Gasteiger partial charge in [-0.3, -0.25) is 10.4 Å². The fraction of sp³-hybridized carbons (Fsp3) is 0.0769. The smallest absolute Gasteiger partial charge is 0.145 e. The second-order valence-corrected chi connectivity index (χ2v) is 4.71. The normalized spacial score (nSPS) is 10.1. The van der Waals surface area contributed by atoms with E-state index in [1.165, 1.54) is 0 Å². The zero-order valence-corrected chi connectivity index (χ0v) is 11.4. The second-order valence-electron chi connectivity index (χ2n) is 3.79. The van der Waals surface area contributed by atoms with Gasteiger partial charge < -0.3 is 10.5 Å². The van der Waals surface area contributed by atoms with Crippen LogP contribution in [0.4, 0.5) is 0 Å². The lowest BCUT2D eigenvalue weighted by Gasteiger charge is -2.10. The third kappa shape index (κ3) is 2.87. The topological polar surface area (TPSA) is 72.0 Å². The van der Waals surface area contributed by atoms with Crippen LogP contribution in [0.3, 0.4) is 0 Å². The van der Waals surface area contributed by atoms with Crippen LogP contribution in [0, 0.1) is 12.3 Å². The molecule has 0 radical (unpaired) electrons. The van der Waals surface area contributed by atoms with Gasteiger partial charge in [-0.05, 0) is 37.3 Å². The zero-order valence-electron chi connectivity index (χ0n) is 9.77. The van der Waals surface area contributed by atoms with Crippen LogP contribution in [0.15, 0.2) is 41.0 Å². The van der Waals surface area contributed by atoms with Crippen LogP contribution < -0.4 is 10.5 Å². The predicted molar refractivity (Wildman–Crippen MR) is 74.2 cm³/mol. The molecule has 1 heterocycles. The number of nitrogens with two attached hydrogens (primary N) is 1. The Balaban J connectivity index is 2.35. The molecular weight excluding hydrogens is 294 g/mol. The summed E-state index contributed by atoms with van der Waals surface area (Å²) in [7, 11) is 0. The number of hydrogen-bond donors (Lipinski definition) is 2. The van der Waals surface area contributed by atoms with Gasteiger partial charge in [0.2, 0.25) is 0 Å². The van der Waals surface area contributed by atoms with Crippen LogP contribution in [-0.2, 0) is 0 Å². The van der Waals surface area contributed by atoms with E-state index in [1.54, 1.807) is 18.3 Å². The highest BCUT2D eigenvalue weighted by Crippen LogP contribution is 2.28. The molecule has 0 aliphatic heterocycles. The Bertz CT molecular complexity index is 581. The van der Waals surface area contributed by atoms with E-state index in [0.717, 1.165) is 10.2 Å². The minimum Gasteiger partial charge on any atom is -0.455 e. The highest BCUT2D eigenvalue weighted by molar-refractivity contribution is 9.10. The van der Waals surface area contributed by atoms with E-state index in [9.17, 15) is 0 Å². The minimum absolute atomic E-state index is 0.0300. The second kappa shape index (κ2) is 5.18. The Morgan fingerprint density at radius 2 is 2.11 bits per heavy atom. The highest BCUT2D eigenvalue weighted by atomic mass is 79.9. The Morgan fingerprint density at radius 1 is 1.33 bits per heavy atom. The largest absolute Gasteiger partial charge is 0.455 e. The molecule has 1 aromatic carbocycles. The summed E-state index contributed by atoms with van der Waals surface area (Å²) in [6, 6.07) is 9.02. The van der Waals surface area contributed by atoms with E-state index in [0.29, 0.717) is 17.1 Å². The van der Waals surface area contributed by atoms with E-state index in [-0.39, 0.29) is 5.84 Å². The molecule has 1 aromatic heterocycles. The van der Waals surface area contributed by atoms with Crippen molar-refractivity contribution in [2.45, 2.75) is 6.92 Å². The summed E-state index contributed by atoms with van der Waals surface area (Å²) >= 11 is 3.36. The number of amidine groups is 1. The number of rotatable bonds is 3. The number of ether oxygens (including phenoxy) is 1. The lowest BCUT2D eigenvalue weighted by molar-refractivity contribution is 0.478. The van der Waals surface area contributed by atoms with Gasteiger partial charge in [0.25, 0.3) is 0 Å². The van der Waals surface area contributed by atoms with E-state index >= 15 is 0 Å². The number of halogens is 1. The molecule has 2 rings (SSSR count). The van der Waals surface area contributed by atoms with Crippen LogP contribution in [0.25, 0.3) is 0 Å². The lowest BCUT2D eigenvalue weighted by atomic mass is 10.2. The molecule has 18 heavy (non-hydrogen) atoms. The molecular formula is C13H12BrN3O. The maximum atomic E-state index is 7.51. The van der Waals surface area contributed by atoms with Crippen molar-refractivity contribution < 1.29 is 4.74 Å². The first kappa shape index (κ1) is 12.6. The van der Waals surface area contributed by atoms with E-state index in [4.69, 9.17) is 15.9 Å². The van der Waals surface area contributed by atoms with E-state index < -0.39 is 0 Å². The van der Waals surface area contributed by atoms with Gasteiger partial charge >= 0.3 is 0 Å². The van der Waals surface area contributed by atoms with Gasteiger partial charge in [-0.1, -0.05) is 15.9 Å². The molecule has 0 bridgehead atoms. The predicted octanol–water partition coefficient (Wildman–Crippen LogP) is 3.23. The van der Waals surface area contributed by atoms with Gasteiger partial charge in [-0.25, -0.2) is 0 Å². The number of aromatic nitrogens is 1. The van der Waals surface area contributed by atoms with Crippen molar-refractivity contribution in [3.8, 4) is 11.5 Å². The SMILES string of the molecule is Cc1ccc(Oc2cc(Br)ccc2C(=N)N)cn1. The highest BCUT2D eigenvalue weighted by Gasteiger charge is 2.08. The van der Waals surface area contributed by atoms with Gasteiger partial charge in [0.1, 0.15) is 17.3 Å². The minimum atomic E-state index is -0.0300. The van der Waals surface area contributed by atoms with Crippen molar-refractivity contribution in [1.29, 1.82) is 5.41 Å². The van der Waals surface area contributed by atoms with Crippen molar-refractivity contribution in [2.75, 3.05) is 0 Å². The molecule has 4 nitrogen and oxygen atoms in total. The van der Waals surface area contributed by atoms with Crippen molar-refractivity contribution in [3.05, 3.63) is 52.3 Å². The maximum absolute atomic E-state index is 7.51. The first-order valence-electron chi connectivity index (χ1n) is 5.31. The van der Waals surface area contributed by atoms with Crippen molar-refractivity contribution >= 4 is 21.8 Å². The van der Waals surface area contributed by atoms with E-state index in [1.807, 2.05) is 25.1 Å². The number of benzene rings is 1. The summed E-state index contributed by atoms with van der Waals surface area (Å²) in [5.74, 6) is 1.11. The number of pyridine rings is 1. The molecule has 0 amide bonds. The zero-order chi connectivity index (χ0) is 13.1. The van der Waals surface area contributed by atoms with Crippen molar-refractivity contribution in [2.24, 2.45) is 5.73 Å². The molecule has 0 aliphatic carbocycles. The lowest BCUT2D eigenvalue weighted by Crippen LogP contribution is -2.12. The van der Waals surface area contributed by atoms with Gasteiger partial charge in [-0.15, -0.1) is 0 Å². The van der Waals surface area contributed by atoms with Gasteiger partial charge in [-0.2, -0.15) is 0 Å². The molecule has 0 fully saturated rings. The molecule has 0 spiro atoms. The average molecular weight is 306 g/mol. The Labute approximate surface area is 113 Å². The summed E-state index contributed by atoms with van der Waals surface area (Å²) in [4.78, 5) is 4.15. The molecule has 5 heteroatoms. The Kier molecular flexibility index (Phi) is 3.62. The molecule has 0 unspecified atom stereocenters. The van der Waals surface area contributed by atoms with Crippen LogP contribution in [0.5, 0.6) is 11.5 Å². The van der Waals surface area contributed by atoms with Crippen molar-refractivity contribution in [1.82, 2.24) is 4.98 Å². The molecule has 2 aromatic rings. The van der Waals surface area contributed by atoms with Crippen LogP contribution >= 0.6 is 15.9 Å². The number of aryl methyl sites for hydroxylation is 1. The number of nitrogen functional groups attached to an aromatic ring is 1. The summed E-state index contributed by atoms with van der Waals surface area (Å²) < 4.78 is 6.56. The quantitative estimate of drug-likeness (QED) is 0.675. The van der Waals surface area contributed by atoms with E-state index in [2.05, 4.69) is 20.9 Å². The monoisotopic (exact) mass is 305 g/mol. The molecule has 0 atom stereocenters. The van der Waals surface area contributed by atoms with Gasteiger partial charge in [0, 0.05) is 10.2 Å². The summed E-state index contributed by atoms with van der Waals surface area (Å²) in [5, 5.41) is 7.51. The fourth-order valence-corrected chi connectivity index (χ4v) is 1.78. The number of hydrogen-bond acceptors (Lipinski definition) is 3. The third-order valence-corrected chi connectivity index (χ3v) is 2.84. The molecule has 3 N–H and O–H groups in total. The summed E-state index contributed by atoms with van der Waals surface area (Å²) in [6.07, 6.45) is 1.64. The molecule has 0 saturated carbocycles. The Hall–Kier alpha value is -1.88. The van der Waals surface area contributed by atoms with Crippen LogP contribution in [0.1, 0.15) is 11.3 Å². The number of nitrogens with one attached hydrogen (secondary N) is 1. The van der Waals surface area contributed by atoms with Gasteiger partial charge in [0.05, 0.1) is 11.8 Å². The standard InChI is InChI=1S/C13H12BrN3O/c1-8-2-4-10(7-17-8)18-12-6-9(14)3-5-11(12)13(15)16/h2-7H,1H3,(H3,15,16). The van der Waals surface area contributed by atoms with Gasteiger partial charge in [0.15, 0.2) is 0 Å². The average Bonchev–Trinajstić information content (AvgIpc) is 2.32. The third-order valence-electron chi connectivity index (χ3n) is 2.35. The summed E-state index contributed by atoms with van der Waals surface area (Å²) in [5.41, 5.74) is 6.99. The fourth-order valence-electron chi connectivity index (χ4n) is 1.44. The molecule has 0 aliphatic rings. The first-order chi connectivity index (χ1) is 8.56. The van der Waals surface area contributed by atoms with Crippen molar-refractivity contribution in [3.63, 3.8) is 0 Å². The summed E-state index contributed by atoms with van der Waals surface area (Å²) in [6.45, 7) is 1.91. The number of nitrogens with zero attached hydrogens (tertiary/aromatic N) is 1. The first-order valence-corrected chi connectivity index (χ1v) is 6.10. The molecule has 0 saturated heterocycles. The van der Waals surface area contributed by atoms with Crippen LogP contribution in [0.2, 0.25) is 0 Å². The van der Waals surface area contributed by atoms with Crippen LogP contribution in [-0.4, -0.2) is 10.8 Å².